The minimum absolute atomic E-state index is 0.276. The monoisotopic (exact) mass is 337 g/mol. The molecule has 0 saturated heterocycles. The van der Waals surface area contributed by atoms with E-state index in [0.717, 1.165) is 25.1 Å². The van der Waals surface area contributed by atoms with Crippen molar-refractivity contribution in [2.45, 2.75) is 24.0 Å². The topological polar surface area (TPSA) is 141 Å². The van der Waals surface area contributed by atoms with E-state index in [1.165, 1.54) is 0 Å². The third-order valence-electron chi connectivity index (χ3n) is 2.50. The summed E-state index contributed by atoms with van der Waals surface area (Å²) in [5, 5.41) is 26.7. The molecule has 1 aromatic rings. The number of aliphatic hydroxyl groups excluding tert-OH is 1. The fourth-order valence-corrected chi connectivity index (χ4v) is 3.22. The van der Waals surface area contributed by atoms with Crippen LogP contribution in [-0.2, 0) is 14.8 Å². The van der Waals surface area contributed by atoms with Crippen LogP contribution >= 0.6 is 11.6 Å². The molecule has 116 valence electrons. The Hall–Kier alpha value is -1.68. The SMILES string of the molecule is C[C@H](O)[C@@H](NS(=O)(=O)c1cc(C(=O)O)ccc1Cl)C(=O)O. The molecule has 2 atom stereocenters. The molecule has 10 heteroatoms. The van der Waals surface area contributed by atoms with Crippen molar-refractivity contribution in [1.82, 2.24) is 4.72 Å². The first kappa shape index (κ1) is 17.4. The number of rotatable bonds is 6. The molecule has 1 rings (SSSR count). The Bertz CT molecular complexity index is 671. The number of nitrogens with one attached hydrogen (secondary N) is 1. The molecule has 0 fully saturated rings. The van der Waals surface area contributed by atoms with Crippen molar-refractivity contribution in [2.75, 3.05) is 0 Å². The van der Waals surface area contributed by atoms with Gasteiger partial charge in [0.2, 0.25) is 10.0 Å². The molecule has 0 spiro atoms. The second kappa shape index (κ2) is 6.39. The summed E-state index contributed by atoms with van der Waals surface area (Å²) < 4.78 is 25.9. The maximum Gasteiger partial charge on any atom is 0.335 e. The lowest BCUT2D eigenvalue weighted by atomic mass is 10.2. The molecule has 0 heterocycles. The highest BCUT2D eigenvalue weighted by atomic mass is 35.5. The maximum absolute atomic E-state index is 12.1. The summed E-state index contributed by atoms with van der Waals surface area (Å²) >= 11 is 5.71. The second-order valence-electron chi connectivity index (χ2n) is 4.13. The maximum atomic E-state index is 12.1. The van der Waals surface area contributed by atoms with E-state index < -0.39 is 39.0 Å². The fourth-order valence-electron chi connectivity index (χ4n) is 1.43. The largest absolute Gasteiger partial charge is 0.480 e. The van der Waals surface area contributed by atoms with Gasteiger partial charge in [0.15, 0.2) is 0 Å². The van der Waals surface area contributed by atoms with Crippen molar-refractivity contribution >= 4 is 33.6 Å². The quantitative estimate of drug-likeness (QED) is 0.579. The lowest BCUT2D eigenvalue weighted by molar-refractivity contribution is -0.141. The normalized spacial score (nSPS) is 14.4. The van der Waals surface area contributed by atoms with E-state index in [-0.39, 0.29) is 10.6 Å². The second-order valence-corrected chi connectivity index (χ2v) is 6.22. The highest BCUT2D eigenvalue weighted by Gasteiger charge is 2.30. The summed E-state index contributed by atoms with van der Waals surface area (Å²) in [5.74, 6) is -2.95. The van der Waals surface area contributed by atoms with Crippen LogP contribution < -0.4 is 4.72 Å². The van der Waals surface area contributed by atoms with Crippen LogP contribution in [0.2, 0.25) is 5.02 Å². The van der Waals surface area contributed by atoms with Gasteiger partial charge in [-0.15, -0.1) is 0 Å². The molecule has 0 radical (unpaired) electrons. The van der Waals surface area contributed by atoms with Gasteiger partial charge in [0, 0.05) is 0 Å². The number of sulfonamides is 1. The molecule has 8 nitrogen and oxygen atoms in total. The number of hydrogen-bond acceptors (Lipinski definition) is 5. The predicted octanol–water partition coefficient (Wildman–Crippen LogP) is 0.150. The number of benzene rings is 1. The van der Waals surface area contributed by atoms with Gasteiger partial charge in [-0.25, -0.2) is 13.2 Å². The number of aliphatic hydroxyl groups is 1. The predicted molar refractivity (Wildman–Crippen MR) is 71.8 cm³/mol. The van der Waals surface area contributed by atoms with Gasteiger partial charge in [-0.3, -0.25) is 4.79 Å². The summed E-state index contributed by atoms with van der Waals surface area (Å²) in [6.45, 7) is 1.09. The minimum atomic E-state index is -4.42. The van der Waals surface area contributed by atoms with E-state index in [2.05, 4.69) is 0 Å². The van der Waals surface area contributed by atoms with Gasteiger partial charge in [0.05, 0.1) is 16.7 Å². The molecule has 21 heavy (non-hydrogen) atoms. The zero-order chi connectivity index (χ0) is 16.4. The Balaban J connectivity index is 3.27. The molecular formula is C11H12ClNO7S. The summed E-state index contributed by atoms with van der Waals surface area (Å²) in [4.78, 5) is 21.1. The number of aliphatic carboxylic acids is 1. The summed E-state index contributed by atoms with van der Waals surface area (Å²) in [7, 11) is -4.42. The molecule has 0 aromatic heterocycles. The van der Waals surface area contributed by atoms with E-state index in [1.54, 1.807) is 4.72 Å². The van der Waals surface area contributed by atoms with Gasteiger partial charge in [-0.05, 0) is 25.1 Å². The van der Waals surface area contributed by atoms with Crippen molar-refractivity contribution < 1.29 is 33.3 Å². The summed E-state index contributed by atoms with van der Waals surface area (Å²) in [6, 6.07) is 1.18. The van der Waals surface area contributed by atoms with Crippen LogP contribution in [0.15, 0.2) is 23.1 Å². The average molecular weight is 338 g/mol. The van der Waals surface area contributed by atoms with Crippen LogP contribution in [0.25, 0.3) is 0 Å². The number of carboxylic acids is 2. The first-order valence-corrected chi connectivity index (χ1v) is 7.38. The lowest BCUT2D eigenvalue weighted by Crippen LogP contribution is -2.47. The van der Waals surface area contributed by atoms with Crippen LogP contribution in [0, 0.1) is 0 Å². The van der Waals surface area contributed by atoms with E-state index in [0.29, 0.717) is 0 Å². The third-order valence-corrected chi connectivity index (χ3v) is 4.42. The van der Waals surface area contributed by atoms with E-state index in [4.69, 9.17) is 21.8 Å². The molecule has 0 bridgehead atoms. The van der Waals surface area contributed by atoms with Gasteiger partial charge in [-0.1, -0.05) is 11.6 Å². The van der Waals surface area contributed by atoms with Crippen LogP contribution in [0.5, 0.6) is 0 Å². The molecular weight excluding hydrogens is 326 g/mol. The zero-order valence-corrected chi connectivity index (χ0v) is 12.2. The van der Waals surface area contributed by atoms with Crippen molar-refractivity contribution in [3.05, 3.63) is 28.8 Å². The molecule has 1 aromatic carbocycles. The smallest absolute Gasteiger partial charge is 0.335 e. The van der Waals surface area contributed by atoms with E-state index in [1.807, 2.05) is 0 Å². The first-order valence-electron chi connectivity index (χ1n) is 5.52. The number of hydrogen-bond donors (Lipinski definition) is 4. The Morgan fingerprint density at radius 2 is 1.86 bits per heavy atom. The van der Waals surface area contributed by atoms with Gasteiger partial charge in [0.25, 0.3) is 0 Å². The van der Waals surface area contributed by atoms with Crippen molar-refractivity contribution in [3.63, 3.8) is 0 Å². The third kappa shape index (κ3) is 4.14. The number of aromatic carboxylic acids is 1. The molecule has 0 saturated carbocycles. The summed E-state index contributed by atoms with van der Waals surface area (Å²) in [6.07, 6.45) is -1.50. The van der Waals surface area contributed by atoms with Crippen LogP contribution in [0.4, 0.5) is 0 Å². The van der Waals surface area contributed by atoms with Crippen LogP contribution in [-0.4, -0.2) is 47.8 Å². The number of halogens is 1. The van der Waals surface area contributed by atoms with Gasteiger partial charge >= 0.3 is 11.9 Å². The lowest BCUT2D eigenvalue weighted by Gasteiger charge is -2.17. The van der Waals surface area contributed by atoms with Gasteiger partial charge < -0.3 is 15.3 Å². The summed E-state index contributed by atoms with van der Waals surface area (Å²) in [5.41, 5.74) is -0.330. The Labute approximate surface area is 125 Å². The molecule has 0 aliphatic carbocycles. The zero-order valence-electron chi connectivity index (χ0n) is 10.6. The minimum Gasteiger partial charge on any atom is -0.480 e. The van der Waals surface area contributed by atoms with Crippen LogP contribution in [0.1, 0.15) is 17.3 Å². The fraction of sp³-hybridized carbons (Fsp3) is 0.273. The Morgan fingerprint density at radius 3 is 2.29 bits per heavy atom. The van der Waals surface area contributed by atoms with Crippen molar-refractivity contribution in [2.24, 2.45) is 0 Å². The highest BCUT2D eigenvalue weighted by Crippen LogP contribution is 2.23. The van der Waals surface area contributed by atoms with Gasteiger partial charge in [0.1, 0.15) is 10.9 Å². The molecule has 0 amide bonds. The Kier molecular flexibility index (Phi) is 5.29. The highest BCUT2D eigenvalue weighted by molar-refractivity contribution is 7.89. The molecule has 0 unspecified atom stereocenters. The van der Waals surface area contributed by atoms with E-state index in [9.17, 15) is 23.1 Å². The standard InChI is InChI=1S/C11H12ClNO7S/c1-5(14)9(11(17)18)13-21(19,20)8-4-6(10(15)16)2-3-7(8)12/h2-5,9,13-14H,1H3,(H,15,16)(H,17,18)/t5-,9+/m0/s1. The van der Waals surface area contributed by atoms with Crippen molar-refractivity contribution in [3.8, 4) is 0 Å². The average Bonchev–Trinajstić information content (AvgIpc) is 2.35. The molecule has 4 N–H and O–H groups in total. The number of carboxylic acid groups (broad SMARTS) is 2. The van der Waals surface area contributed by atoms with Gasteiger partial charge in [-0.2, -0.15) is 4.72 Å². The van der Waals surface area contributed by atoms with E-state index >= 15 is 0 Å². The van der Waals surface area contributed by atoms with Crippen molar-refractivity contribution in [1.29, 1.82) is 0 Å². The molecule has 0 aliphatic heterocycles. The van der Waals surface area contributed by atoms with Crippen LogP contribution in [0.3, 0.4) is 0 Å². The Morgan fingerprint density at radius 1 is 1.29 bits per heavy atom. The number of carbonyl (C=O) groups is 2. The first-order chi connectivity index (χ1) is 9.56. The molecule has 0 aliphatic rings.